The number of methoxy groups -OCH3 is 2. The van der Waals surface area contributed by atoms with Crippen LogP contribution in [0.3, 0.4) is 0 Å². The lowest BCUT2D eigenvalue weighted by atomic mass is 10.1. The van der Waals surface area contributed by atoms with Crippen LogP contribution in [0.4, 0.5) is 10.1 Å². The Morgan fingerprint density at radius 2 is 1.56 bits per heavy atom. The molecule has 0 bridgehead atoms. The number of ether oxygens (including phenoxy) is 2. The molecule has 0 aliphatic carbocycles. The molecule has 0 saturated carbocycles. The molecule has 0 aliphatic rings. The fourth-order valence-corrected chi connectivity index (χ4v) is 2.54. The number of carbonyl (C=O) groups excluding carboxylic acids is 2. The highest BCUT2D eigenvalue weighted by atomic mass is 32.1. The van der Waals surface area contributed by atoms with E-state index >= 15 is 0 Å². The quantitative estimate of drug-likeness (QED) is 0.580. The second-order valence-corrected chi connectivity index (χ2v) is 5.95. The van der Waals surface area contributed by atoms with Gasteiger partial charge in [-0.3, -0.25) is 0 Å². The van der Waals surface area contributed by atoms with Crippen molar-refractivity contribution in [2.24, 2.45) is 0 Å². The van der Waals surface area contributed by atoms with Crippen LogP contribution in [0.25, 0.3) is 0 Å². The molecule has 0 saturated heterocycles. The molecule has 2 N–H and O–H groups in total. The topological polar surface area (TPSA) is 76.7 Å². The number of thiocarbonyl (C=S) groups is 1. The highest BCUT2D eigenvalue weighted by Crippen LogP contribution is 2.17. The highest BCUT2D eigenvalue weighted by Gasteiger charge is 2.14. The first kappa shape index (κ1) is 20.3. The summed E-state index contributed by atoms with van der Waals surface area (Å²) >= 11 is 5.23. The number of carbonyl (C=O) groups is 2. The van der Waals surface area contributed by atoms with Crippen LogP contribution in [0.15, 0.2) is 42.5 Å². The molecular formula is C19H19FN2O4S. The second-order valence-electron chi connectivity index (χ2n) is 5.54. The molecule has 0 aromatic heterocycles. The van der Waals surface area contributed by atoms with Crippen LogP contribution in [0.5, 0.6) is 0 Å². The van der Waals surface area contributed by atoms with Crippen LogP contribution in [-0.2, 0) is 15.9 Å². The number of nitrogens with one attached hydrogen (secondary N) is 2. The van der Waals surface area contributed by atoms with Crippen molar-refractivity contribution in [3.63, 3.8) is 0 Å². The summed E-state index contributed by atoms with van der Waals surface area (Å²) in [7, 11) is 2.50. The van der Waals surface area contributed by atoms with E-state index in [9.17, 15) is 14.0 Å². The predicted octanol–water partition coefficient (Wildman–Crippen LogP) is 2.93. The summed E-state index contributed by atoms with van der Waals surface area (Å²) in [5.41, 5.74) is 1.79. The Morgan fingerprint density at radius 1 is 1.00 bits per heavy atom. The van der Waals surface area contributed by atoms with E-state index in [4.69, 9.17) is 21.7 Å². The highest BCUT2D eigenvalue weighted by molar-refractivity contribution is 7.80. The van der Waals surface area contributed by atoms with Crippen molar-refractivity contribution in [3.8, 4) is 0 Å². The zero-order chi connectivity index (χ0) is 19.8. The molecule has 0 atom stereocenters. The van der Waals surface area contributed by atoms with Crippen molar-refractivity contribution in [2.75, 3.05) is 26.1 Å². The van der Waals surface area contributed by atoms with Gasteiger partial charge in [0.25, 0.3) is 0 Å². The van der Waals surface area contributed by atoms with E-state index in [0.29, 0.717) is 23.8 Å². The molecule has 6 nitrogen and oxygen atoms in total. The molecule has 0 spiro atoms. The van der Waals surface area contributed by atoms with Gasteiger partial charge in [-0.05, 0) is 54.5 Å². The van der Waals surface area contributed by atoms with Gasteiger partial charge in [0.1, 0.15) is 5.82 Å². The van der Waals surface area contributed by atoms with E-state index in [1.807, 2.05) is 0 Å². The third-order valence-corrected chi connectivity index (χ3v) is 3.89. The van der Waals surface area contributed by atoms with E-state index in [0.717, 1.165) is 5.56 Å². The Hall–Kier alpha value is -3.00. The normalized spacial score (nSPS) is 10.0. The molecule has 2 rings (SSSR count). The standard InChI is InChI=1S/C19H19FN2O4S/c1-25-17(23)13-9-14(18(24)26-2)11-16(10-13)22-19(27)21-8-7-12-3-5-15(20)6-4-12/h3-6,9-11H,7-8H2,1-2H3,(H2,21,22,27). The first-order valence-electron chi connectivity index (χ1n) is 8.04. The fourth-order valence-electron chi connectivity index (χ4n) is 2.32. The minimum atomic E-state index is -0.584. The molecular weight excluding hydrogens is 371 g/mol. The maximum absolute atomic E-state index is 12.9. The summed E-state index contributed by atoms with van der Waals surface area (Å²) in [5.74, 6) is -1.45. The summed E-state index contributed by atoms with van der Waals surface area (Å²) in [6.07, 6.45) is 0.651. The SMILES string of the molecule is COC(=O)c1cc(NC(=S)NCCc2ccc(F)cc2)cc(C(=O)OC)c1. The third-order valence-electron chi connectivity index (χ3n) is 3.65. The maximum Gasteiger partial charge on any atom is 0.337 e. The van der Waals surface area contributed by atoms with Crippen LogP contribution in [0, 0.1) is 5.82 Å². The molecule has 0 fully saturated rings. The fraction of sp³-hybridized carbons (Fsp3) is 0.211. The third kappa shape index (κ3) is 6.03. The van der Waals surface area contributed by atoms with Crippen molar-refractivity contribution in [3.05, 3.63) is 65.0 Å². The Labute approximate surface area is 161 Å². The van der Waals surface area contributed by atoms with Crippen LogP contribution >= 0.6 is 12.2 Å². The summed E-state index contributed by atoms with van der Waals surface area (Å²) < 4.78 is 22.3. The van der Waals surface area contributed by atoms with Gasteiger partial charge in [-0.2, -0.15) is 0 Å². The Morgan fingerprint density at radius 3 is 2.07 bits per heavy atom. The van der Waals surface area contributed by atoms with Crippen molar-refractivity contribution in [1.29, 1.82) is 0 Å². The van der Waals surface area contributed by atoms with Gasteiger partial charge in [-0.25, -0.2) is 14.0 Å². The summed E-state index contributed by atoms with van der Waals surface area (Å²) in [6.45, 7) is 0.526. The van der Waals surface area contributed by atoms with Crippen molar-refractivity contribution < 1.29 is 23.5 Å². The predicted molar refractivity (Wildman–Crippen MR) is 103 cm³/mol. The van der Waals surface area contributed by atoms with Crippen molar-refractivity contribution in [1.82, 2.24) is 5.32 Å². The first-order valence-corrected chi connectivity index (χ1v) is 8.44. The van der Waals surface area contributed by atoms with E-state index in [1.54, 1.807) is 12.1 Å². The average Bonchev–Trinajstić information content (AvgIpc) is 2.67. The van der Waals surface area contributed by atoms with Gasteiger partial charge in [-0.15, -0.1) is 0 Å². The number of hydrogen-bond acceptors (Lipinski definition) is 5. The summed E-state index contributed by atoms with van der Waals surface area (Å²) in [6, 6.07) is 10.6. The Kier molecular flexibility index (Phi) is 7.25. The minimum Gasteiger partial charge on any atom is -0.465 e. The van der Waals surface area contributed by atoms with Crippen LogP contribution in [0.2, 0.25) is 0 Å². The zero-order valence-electron chi connectivity index (χ0n) is 14.9. The lowest BCUT2D eigenvalue weighted by molar-refractivity contribution is 0.0599. The molecule has 0 radical (unpaired) electrons. The van der Waals surface area contributed by atoms with E-state index in [1.165, 1.54) is 44.6 Å². The Bertz CT molecular complexity index is 806. The molecule has 0 heterocycles. The molecule has 2 aromatic rings. The number of benzene rings is 2. The number of hydrogen-bond donors (Lipinski definition) is 2. The first-order chi connectivity index (χ1) is 12.9. The van der Waals surface area contributed by atoms with Crippen LogP contribution < -0.4 is 10.6 Å². The average molecular weight is 390 g/mol. The minimum absolute atomic E-state index is 0.192. The maximum atomic E-state index is 12.9. The van der Waals surface area contributed by atoms with E-state index < -0.39 is 11.9 Å². The van der Waals surface area contributed by atoms with E-state index in [-0.39, 0.29) is 16.9 Å². The molecule has 2 aromatic carbocycles. The lowest BCUT2D eigenvalue weighted by Gasteiger charge is -2.13. The summed E-state index contributed by atoms with van der Waals surface area (Å²) in [4.78, 5) is 23.6. The van der Waals surface area contributed by atoms with Gasteiger partial charge in [0, 0.05) is 12.2 Å². The molecule has 0 unspecified atom stereocenters. The lowest BCUT2D eigenvalue weighted by Crippen LogP contribution is -2.30. The van der Waals surface area contributed by atoms with Gasteiger partial charge >= 0.3 is 11.9 Å². The largest absolute Gasteiger partial charge is 0.465 e. The van der Waals surface area contributed by atoms with Gasteiger partial charge < -0.3 is 20.1 Å². The number of anilines is 1. The van der Waals surface area contributed by atoms with Gasteiger partial charge in [-0.1, -0.05) is 12.1 Å². The van der Waals surface area contributed by atoms with Crippen LogP contribution in [0.1, 0.15) is 26.3 Å². The molecule has 8 heteroatoms. The number of esters is 2. The van der Waals surface area contributed by atoms with Crippen LogP contribution in [-0.4, -0.2) is 37.8 Å². The molecule has 27 heavy (non-hydrogen) atoms. The Balaban J connectivity index is 2.01. The zero-order valence-corrected chi connectivity index (χ0v) is 15.7. The van der Waals surface area contributed by atoms with Gasteiger partial charge in [0.05, 0.1) is 25.3 Å². The van der Waals surface area contributed by atoms with Crippen molar-refractivity contribution in [2.45, 2.75) is 6.42 Å². The molecule has 0 aliphatic heterocycles. The molecule has 0 amide bonds. The second kappa shape index (κ2) is 9.63. The van der Waals surface area contributed by atoms with Gasteiger partial charge in [0.15, 0.2) is 5.11 Å². The van der Waals surface area contributed by atoms with Gasteiger partial charge in [0.2, 0.25) is 0 Å². The molecule has 142 valence electrons. The summed E-state index contributed by atoms with van der Waals surface area (Å²) in [5, 5.41) is 6.25. The van der Waals surface area contributed by atoms with E-state index in [2.05, 4.69) is 10.6 Å². The van der Waals surface area contributed by atoms with Crippen molar-refractivity contribution >= 4 is 35.0 Å². The number of rotatable bonds is 6. The number of halogens is 1. The monoisotopic (exact) mass is 390 g/mol. The smallest absolute Gasteiger partial charge is 0.337 e.